The number of carbonyl (C=O) groups is 2. The highest BCUT2D eigenvalue weighted by Crippen LogP contribution is 2.24. The maximum atomic E-state index is 13.0. The van der Waals surface area contributed by atoms with Crippen LogP contribution < -0.4 is 16.0 Å². The number of rotatable bonds is 5. The van der Waals surface area contributed by atoms with E-state index >= 15 is 0 Å². The lowest BCUT2D eigenvalue weighted by atomic mass is 10.1. The molecule has 3 N–H and O–H groups in total. The second-order valence-corrected chi connectivity index (χ2v) is 6.91. The Labute approximate surface area is 174 Å². The summed E-state index contributed by atoms with van der Waals surface area (Å²) in [5.41, 5.74) is 4.10. The smallest absolute Gasteiger partial charge is 0.318 e. The molecule has 0 saturated carbocycles. The van der Waals surface area contributed by atoms with Gasteiger partial charge in [0.1, 0.15) is 0 Å². The number of benzene rings is 3. The van der Waals surface area contributed by atoms with E-state index in [0.717, 1.165) is 10.9 Å². The van der Waals surface area contributed by atoms with Crippen LogP contribution in [-0.4, -0.2) is 23.6 Å². The molecule has 1 aromatic heterocycles. The van der Waals surface area contributed by atoms with Crippen molar-refractivity contribution in [1.29, 1.82) is 0 Å². The van der Waals surface area contributed by atoms with Crippen molar-refractivity contribution >= 4 is 34.2 Å². The van der Waals surface area contributed by atoms with Crippen LogP contribution in [0.1, 0.15) is 15.9 Å². The minimum absolute atomic E-state index is 0.176. The molecule has 0 saturated heterocycles. The average Bonchev–Trinajstić information content (AvgIpc) is 3.14. The predicted octanol–water partition coefficient (Wildman–Crippen LogP) is 4.69. The third kappa shape index (κ3) is 4.17. The zero-order chi connectivity index (χ0) is 20.9. The number of nitrogens with one attached hydrogen (secondary N) is 3. The topological polar surface area (TPSA) is 75.2 Å². The van der Waals surface area contributed by atoms with E-state index in [4.69, 9.17) is 0 Å². The van der Waals surface area contributed by atoms with Gasteiger partial charge in [-0.2, -0.15) is 0 Å². The third-order valence-corrected chi connectivity index (χ3v) is 4.86. The maximum Gasteiger partial charge on any atom is 0.318 e. The molecule has 3 aromatic carbocycles. The van der Waals surface area contributed by atoms with Crippen molar-refractivity contribution in [3.8, 4) is 0 Å². The first-order valence-corrected chi connectivity index (χ1v) is 9.66. The van der Waals surface area contributed by atoms with E-state index < -0.39 is 0 Å². The zero-order valence-electron chi connectivity index (χ0n) is 16.6. The Bertz CT molecular complexity index is 1180. The summed E-state index contributed by atoms with van der Waals surface area (Å²) in [4.78, 5) is 24.4. The quantitative estimate of drug-likeness (QED) is 0.456. The molecule has 4 aromatic rings. The average molecular weight is 398 g/mol. The molecule has 4 rings (SSSR count). The van der Waals surface area contributed by atoms with Crippen LogP contribution in [-0.2, 0) is 6.54 Å². The molecule has 0 aliphatic carbocycles. The van der Waals surface area contributed by atoms with E-state index in [9.17, 15) is 9.59 Å². The number of urea groups is 1. The van der Waals surface area contributed by atoms with Gasteiger partial charge in [-0.1, -0.05) is 48.5 Å². The van der Waals surface area contributed by atoms with E-state index in [0.29, 0.717) is 23.5 Å². The summed E-state index contributed by atoms with van der Waals surface area (Å²) < 4.78 is 2.09. The van der Waals surface area contributed by atoms with Crippen LogP contribution in [0.3, 0.4) is 0 Å². The summed E-state index contributed by atoms with van der Waals surface area (Å²) in [6.07, 6.45) is 1.90. The Hall–Kier alpha value is -4.06. The summed E-state index contributed by atoms with van der Waals surface area (Å²) in [5, 5.41) is 9.03. The van der Waals surface area contributed by atoms with Gasteiger partial charge in [0.2, 0.25) is 0 Å². The number of para-hydroxylation sites is 1. The number of anilines is 2. The van der Waals surface area contributed by atoms with E-state index in [1.807, 2.05) is 48.7 Å². The van der Waals surface area contributed by atoms with Crippen molar-refractivity contribution in [3.05, 3.63) is 96.2 Å². The van der Waals surface area contributed by atoms with Gasteiger partial charge < -0.3 is 20.5 Å². The van der Waals surface area contributed by atoms with Gasteiger partial charge in [0.15, 0.2) is 0 Å². The van der Waals surface area contributed by atoms with E-state index in [-0.39, 0.29) is 11.9 Å². The summed E-state index contributed by atoms with van der Waals surface area (Å²) in [6, 6.07) is 24.8. The van der Waals surface area contributed by atoms with Crippen molar-refractivity contribution in [2.24, 2.45) is 0 Å². The monoisotopic (exact) mass is 398 g/mol. The highest BCUT2D eigenvalue weighted by atomic mass is 16.2. The van der Waals surface area contributed by atoms with Crippen LogP contribution in [0, 0.1) is 0 Å². The molecular formula is C24H22N4O2. The fraction of sp³-hybridized carbons (Fsp3) is 0.0833. The molecule has 0 atom stereocenters. The van der Waals surface area contributed by atoms with Crippen molar-refractivity contribution in [1.82, 2.24) is 9.88 Å². The van der Waals surface area contributed by atoms with Gasteiger partial charge in [-0.25, -0.2) is 4.79 Å². The largest absolute Gasteiger partial charge is 0.342 e. The molecule has 0 unspecified atom stereocenters. The van der Waals surface area contributed by atoms with Gasteiger partial charge >= 0.3 is 6.03 Å². The number of nitrogens with zero attached hydrogens (tertiary/aromatic N) is 1. The standard InChI is InChI=1S/C24H22N4O2/c1-25-24(30)27-19-13-11-18(12-14-19)26-23(29)21-16-28(15-17-7-3-2-4-8-17)22-10-6-5-9-20(21)22/h2-14,16H,15H2,1H3,(H,26,29)(H2,25,27,30). The van der Waals surface area contributed by atoms with Crippen molar-refractivity contribution < 1.29 is 9.59 Å². The van der Waals surface area contributed by atoms with Gasteiger partial charge in [0, 0.05) is 42.1 Å². The summed E-state index contributed by atoms with van der Waals surface area (Å²) in [7, 11) is 1.55. The highest BCUT2D eigenvalue weighted by molar-refractivity contribution is 6.13. The van der Waals surface area contributed by atoms with E-state index in [2.05, 4.69) is 32.7 Å². The Morgan fingerprint density at radius 3 is 2.13 bits per heavy atom. The van der Waals surface area contributed by atoms with Crippen LogP contribution in [0.15, 0.2) is 85.1 Å². The number of hydrogen-bond donors (Lipinski definition) is 3. The highest BCUT2D eigenvalue weighted by Gasteiger charge is 2.15. The summed E-state index contributed by atoms with van der Waals surface area (Å²) in [6.45, 7) is 0.689. The van der Waals surface area contributed by atoms with Crippen LogP contribution in [0.5, 0.6) is 0 Å². The molecule has 150 valence electrons. The van der Waals surface area contributed by atoms with Crippen LogP contribution >= 0.6 is 0 Å². The molecular weight excluding hydrogens is 376 g/mol. The molecule has 0 radical (unpaired) electrons. The molecule has 6 heteroatoms. The zero-order valence-corrected chi connectivity index (χ0v) is 16.6. The van der Waals surface area contributed by atoms with Crippen LogP contribution in [0.25, 0.3) is 10.9 Å². The fourth-order valence-electron chi connectivity index (χ4n) is 3.37. The number of carbonyl (C=O) groups excluding carboxylic acids is 2. The number of amides is 3. The second-order valence-electron chi connectivity index (χ2n) is 6.91. The van der Waals surface area contributed by atoms with Gasteiger partial charge in [-0.3, -0.25) is 4.79 Å². The van der Waals surface area contributed by atoms with Gasteiger partial charge in [-0.15, -0.1) is 0 Å². The lowest BCUT2D eigenvalue weighted by Crippen LogP contribution is -2.24. The maximum absolute atomic E-state index is 13.0. The van der Waals surface area contributed by atoms with E-state index in [1.54, 1.807) is 31.3 Å². The summed E-state index contributed by atoms with van der Waals surface area (Å²) in [5.74, 6) is -0.176. The minimum atomic E-state index is -0.294. The lowest BCUT2D eigenvalue weighted by Gasteiger charge is -2.07. The first-order chi connectivity index (χ1) is 14.6. The van der Waals surface area contributed by atoms with Crippen molar-refractivity contribution in [3.63, 3.8) is 0 Å². The van der Waals surface area contributed by atoms with Gasteiger partial charge in [0.25, 0.3) is 5.91 Å². The number of hydrogen-bond acceptors (Lipinski definition) is 2. The SMILES string of the molecule is CNC(=O)Nc1ccc(NC(=O)c2cn(Cc3ccccc3)c3ccccc23)cc1. The second kappa shape index (κ2) is 8.53. The van der Waals surface area contributed by atoms with Crippen molar-refractivity contribution in [2.45, 2.75) is 6.54 Å². The van der Waals surface area contributed by atoms with Crippen LogP contribution in [0.2, 0.25) is 0 Å². The minimum Gasteiger partial charge on any atom is -0.342 e. The van der Waals surface area contributed by atoms with Crippen LogP contribution in [0.4, 0.5) is 16.2 Å². The van der Waals surface area contributed by atoms with E-state index in [1.165, 1.54) is 5.56 Å². The Morgan fingerprint density at radius 2 is 1.43 bits per heavy atom. The molecule has 30 heavy (non-hydrogen) atoms. The van der Waals surface area contributed by atoms with Crippen molar-refractivity contribution in [2.75, 3.05) is 17.7 Å². The molecule has 3 amide bonds. The molecule has 0 fully saturated rings. The Kier molecular flexibility index (Phi) is 5.48. The third-order valence-electron chi connectivity index (χ3n) is 4.86. The molecule has 1 heterocycles. The normalized spacial score (nSPS) is 10.6. The van der Waals surface area contributed by atoms with Gasteiger partial charge in [-0.05, 0) is 35.9 Å². The molecule has 0 aliphatic rings. The fourth-order valence-corrected chi connectivity index (χ4v) is 3.37. The molecule has 0 aliphatic heterocycles. The molecule has 6 nitrogen and oxygen atoms in total. The first-order valence-electron chi connectivity index (χ1n) is 9.66. The predicted molar refractivity (Wildman–Crippen MR) is 120 cm³/mol. The summed E-state index contributed by atoms with van der Waals surface area (Å²) >= 11 is 0. The lowest BCUT2D eigenvalue weighted by molar-refractivity contribution is 0.102. The van der Waals surface area contributed by atoms with Gasteiger partial charge in [0.05, 0.1) is 5.56 Å². The Morgan fingerprint density at radius 1 is 0.800 bits per heavy atom. The first kappa shape index (κ1) is 19.3. The number of aromatic nitrogens is 1. The number of fused-ring (bicyclic) bond motifs is 1. The molecule has 0 bridgehead atoms. The Balaban J connectivity index is 1.57. The molecule has 0 spiro atoms.